The fraction of sp³-hybridized carbons (Fsp3) is 0.316. The number of carbonyl (C=O) groups is 1. The average molecular weight is 370 g/mol. The molecule has 142 valence electrons. The molecule has 0 aliphatic heterocycles. The zero-order valence-electron chi connectivity index (χ0n) is 15.3. The summed E-state index contributed by atoms with van der Waals surface area (Å²) in [5, 5.41) is 7.02. The number of amides is 1. The predicted molar refractivity (Wildman–Crippen MR) is 100 cm³/mol. The van der Waals surface area contributed by atoms with Gasteiger partial charge >= 0.3 is 5.69 Å². The minimum Gasteiger partial charge on any atom is -0.493 e. The molecule has 3 aromatic rings. The van der Waals surface area contributed by atoms with Crippen molar-refractivity contribution in [2.75, 3.05) is 20.3 Å². The summed E-state index contributed by atoms with van der Waals surface area (Å²) in [5.41, 5.74) is 1.46. The van der Waals surface area contributed by atoms with Crippen LogP contribution in [0.1, 0.15) is 12.0 Å². The summed E-state index contributed by atoms with van der Waals surface area (Å²) in [6.45, 7) is 2.70. The highest BCUT2D eigenvalue weighted by Gasteiger charge is 2.08. The minimum atomic E-state index is -0.236. The lowest BCUT2D eigenvalue weighted by Gasteiger charge is -2.11. The van der Waals surface area contributed by atoms with Gasteiger partial charge in [0.25, 0.3) is 5.91 Å². The molecule has 2 heterocycles. The Morgan fingerprint density at radius 1 is 1.22 bits per heavy atom. The first-order valence-electron chi connectivity index (χ1n) is 8.67. The molecule has 0 atom stereocenters. The first-order valence-corrected chi connectivity index (χ1v) is 8.67. The van der Waals surface area contributed by atoms with Crippen molar-refractivity contribution < 1.29 is 14.3 Å². The van der Waals surface area contributed by atoms with Crippen LogP contribution in [0.4, 0.5) is 0 Å². The molecule has 0 bridgehead atoms. The summed E-state index contributed by atoms with van der Waals surface area (Å²) in [7, 11) is 1.56. The Morgan fingerprint density at radius 2 is 2.07 bits per heavy atom. The molecule has 27 heavy (non-hydrogen) atoms. The maximum atomic E-state index is 12.1. The summed E-state index contributed by atoms with van der Waals surface area (Å²) in [4.78, 5) is 24.1. The Hall–Kier alpha value is -3.29. The second kappa shape index (κ2) is 8.39. The first-order chi connectivity index (χ1) is 13.1. The van der Waals surface area contributed by atoms with Crippen molar-refractivity contribution in [3.05, 3.63) is 58.6 Å². The number of methoxy groups -OCH3 is 1. The van der Waals surface area contributed by atoms with Crippen LogP contribution < -0.4 is 20.5 Å². The molecular formula is C19H22N4O4. The summed E-state index contributed by atoms with van der Waals surface area (Å²) in [5.74, 6) is 0.878. The number of fused-ring (bicyclic) bond motifs is 1. The van der Waals surface area contributed by atoms with E-state index in [1.54, 1.807) is 31.5 Å². The van der Waals surface area contributed by atoms with Gasteiger partial charge in [0, 0.05) is 19.3 Å². The largest absolute Gasteiger partial charge is 0.493 e. The van der Waals surface area contributed by atoms with Gasteiger partial charge in [-0.1, -0.05) is 12.1 Å². The highest BCUT2D eigenvalue weighted by atomic mass is 16.5. The van der Waals surface area contributed by atoms with Gasteiger partial charge in [0.2, 0.25) is 0 Å². The highest BCUT2D eigenvalue weighted by Crippen LogP contribution is 2.27. The lowest BCUT2D eigenvalue weighted by Crippen LogP contribution is -2.31. The zero-order valence-corrected chi connectivity index (χ0v) is 15.3. The van der Waals surface area contributed by atoms with Crippen LogP contribution in [-0.2, 0) is 11.3 Å². The molecule has 1 N–H and O–H groups in total. The van der Waals surface area contributed by atoms with Crippen LogP contribution in [0, 0.1) is 6.92 Å². The van der Waals surface area contributed by atoms with Gasteiger partial charge in [-0.15, -0.1) is 5.10 Å². The maximum absolute atomic E-state index is 12.1. The van der Waals surface area contributed by atoms with E-state index in [9.17, 15) is 9.59 Å². The van der Waals surface area contributed by atoms with Crippen molar-refractivity contribution in [1.82, 2.24) is 19.5 Å². The molecule has 0 aliphatic rings. The monoisotopic (exact) mass is 370 g/mol. The number of nitrogens with one attached hydrogen (secondary N) is 1. The molecule has 2 aromatic heterocycles. The molecule has 0 radical (unpaired) electrons. The number of ether oxygens (including phenoxy) is 2. The van der Waals surface area contributed by atoms with Gasteiger partial charge in [0.05, 0.1) is 7.11 Å². The molecule has 8 heteroatoms. The van der Waals surface area contributed by atoms with E-state index in [2.05, 4.69) is 10.4 Å². The normalized spacial score (nSPS) is 10.7. The standard InChI is InChI=1S/C19H22N4O4/c1-14-7-8-15(16(12-14)26-2)27-13-18(24)20-9-5-11-23-19(25)22-10-4-3-6-17(22)21-23/h3-4,6-8,10,12H,5,9,11,13H2,1-2H3,(H,20,24). The SMILES string of the molecule is COc1cc(C)ccc1OCC(=O)NCCCn1nc2ccccn2c1=O. The number of pyridine rings is 1. The molecule has 1 amide bonds. The van der Waals surface area contributed by atoms with E-state index < -0.39 is 0 Å². The molecule has 1 aromatic carbocycles. The molecule has 0 aliphatic carbocycles. The van der Waals surface area contributed by atoms with Gasteiger partial charge in [0.1, 0.15) is 0 Å². The number of nitrogens with zero attached hydrogens (tertiary/aromatic N) is 3. The van der Waals surface area contributed by atoms with Crippen molar-refractivity contribution >= 4 is 11.6 Å². The molecule has 0 saturated heterocycles. The third-order valence-electron chi connectivity index (χ3n) is 4.04. The van der Waals surface area contributed by atoms with Crippen molar-refractivity contribution in [2.45, 2.75) is 19.9 Å². The zero-order chi connectivity index (χ0) is 19.2. The van der Waals surface area contributed by atoms with E-state index in [4.69, 9.17) is 9.47 Å². The van der Waals surface area contributed by atoms with Gasteiger partial charge in [-0.25, -0.2) is 9.48 Å². The van der Waals surface area contributed by atoms with Crippen molar-refractivity contribution in [3.63, 3.8) is 0 Å². The smallest absolute Gasteiger partial charge is 0.350 e. The van der Waals surface area contributed by atoms with Gasteiger partial charge in [-0.05, 0) is 43.2 Å². The number of hydrogen-bond donors (Lipinski definition) is 1. The summed E-state index contributed by atoms with van der Waals surface area (Å²) in [6.07, 6.45) is 2.27. The van der Waals surface area contributed by atoms with Gasteiger partial charge in [0.15, 0.2) is 23.8 Å². The lowest BCUT2D eigenvalue weighted by molar-refractivity contribution is -0.123. The third kappa shape index (κ3) is 4.46. The van der Waals surface area contributed by atoms with Crippen LogP contribution in [-0.4, -0.2) is 40.3 Å². The third-order valence-corrected chi connectivity index (χ3v) is 4.04. The van der Waals surface area contributed by atoms with Gasteiger partial charge in [-0.2, -0.15) is 0 Å². The van der Waals surface area contributed by atoms with Crippen LogP contribution in [0.15, 0.2) is 47.4 Å². The second-order valence-corrected chi connectivity index (χ2v) is 6.08. The van der Waals surface area contributed by atoms with Crippen LogP contribution >= 0.6 is 0 Å². The summed E-state index contributed by atoms with van der Waals surface area (Å²) < 4.78 is 13.6. The molecular weight excluding hydrogens is 348 g/mol. The number of benzene rings is 1. The van der Waals surface area contributed by atoms with Crippen molar-refractivity contribution in [1.29, 1.82) is 0 Å². The maximum Gasteiger partial charge on any atom is 0.350 e. The Kier molecular flexibility index (Phi) is 5.75. The fourth-order valence-corrected chi connectivity index (χ4v) is 2.66. The lowest BCUT2D eigenvalue weighted by atomic mass is 10.2. The molecule has 8 nitrogen and oxygen atoms in total. The van der Waals surface area contributed by atoms with Gasteiger partial charge in [-0.3, -0.25) is 9.20 Å². The Bertz CT molecular complexity index is 993. The molecule has 3 rings (SSSR count). The summed E-state index contributed by atoms with van der Waals surface area (Å²) >= 11 is 0. The molecule has 0 saturated carbocycles. The fourth-order valence-electron chi connectivity index (χ4n) is 2.66. The number of rotatable bonds is 8. The van der Waals surface area contributed by atoms with Crippen molar-refractivity contribution in [2.24, 2.45) is 0 Å². The Balaban J connectivity index is 1.44. The minimum absolute atomic E-state index is 0.103. The molecule has 0 fully saturated rings. The topological polar surface area (TPSA) is 86.9 Å². The molecule has 0 unspecified atom stereocenters. The van der Waals surface area contributed by atoms with E-state index in [1.165, 1.54) is 9.08 Å². The highest BCUT2D eigenvalue weighted by molar-refractivity contribution is 5.77. The van der Waals surface area contributed by atoms with Crippen LogP contribution in [0.2, 0.25) is 0 Å². The van der Waals surface area contributed by atoms with Crippen LogP contribution in [0.5, 0.6) is 11.5 Å². The van der Waals surface area contributed by atoms with E-state index in [-0.39, 0.29) is 18.2 Å². The molecule has 0 spiro atoms. The Labute approximate surface area is 156 Å². The second-order valence-electron chi connectivity index (χ2n) is 6.08. The average Bonchev–Trinajstić information content (AvgIpc) is 3.00. The number of carbonyl (C=O) groups excluding carboxylic acids is 1. The Morgan fingerprint density at radius 3 is 2.85 bits per heavy atom. The van der Waals surface area contributed by atoms with Crippen molar-refractivity contribution in [3.8, 4) is 11.5 Å². The first kappa shape index (κ1) is 18.5. The van der Waals surface area contributed by atoms with Crippen LogP contribution in [0.25, 0.3) is 5.65 Å². The number of hydrogen-bond acceptors (Lipinski definition) is 5. The quantitative estimate of drug-likeness (QED) is 0.606. The van der Waals surface area contributed by atoms with Gasteiger partial charge < -0.3 is 14.8 Å². The van der Waals surface area contributed by atoms with E-state index in [0.717, 1.165) is 5.56 Å². The van der Waals surface area contributed by atoms with E-state index >= 15 is 0 Å². The number of aromatic nitrogens is 3. The van der Waals surface area contributed by atoms with E-state index in [1.807, 2.05) is 25.1 Å². The van der Waals surface area contributed by atoms with E-state index in [0.29, 0.717) is 36.7 Å². The summed E-state index contributed by atoms with van der Waals surface area (Å²) in [6, 6.07) is 10.9. The number of aryl methyl sites for hydroxylation is 2. The van der Waals surface area contributed by atoms with Crippen LogP contribution in [0.3, 0.4) is 0 Å². The predicted octanol–water partition coefficient (Wildman–Crippen LogP) is 1.40.